The Morgan fingerprint density at radius 1 is 1.20 bits per heavy atom. The van der Waals surface area contributed by atoms with Crippen molar-refractivity contribution in [1.29, 1.82) is 0 Å². The van der Waals surface area contributed by atoms with E-state index >= 15 is 0 Å². The Morgan fingerprint density at radius 3 is 2.60 bits per heavy atom. The van der Waals surface area contributed by atoms with Gasteiger partial charge in [0.25, 0.3) is 0 Å². The SMILES string of the molecule is c1ccc(C2(C3CC3)CNCCO2)cc1. The topological polar surface area (TPSA) is 21.3 Å². The van der Waals surface area contributed by atoms with E-state index in [4.69, 9.17) is 4.74 Å². The summed E-state index contributed by atoms with van der Waals surface area (Å²) in [6.07, 6.45) is 2.63. The summed E-state index contributed by atoms with van der Waals surface area (Å²) < 4.78 is 6.11. The molecule has 3 rings (SSSR count). The number of morpholine rings is 1. The minimum Gasteiger partial charge on any atom is -0.367 e. The monoisotopic (exact) mass is 203 g/mol. The lowest BCUT2D eigenvalue weighted by Crippen LogP contribution is -2.49. The van der Waals surface area contributed by atoms with Gasteiger partial charge < -0.3 is 10.1 Å². The quantitative estimate of drug-likeness (QED) is 0.792. The van der Waals surface area contributed by atoms with Crippen molar-refractivity contribution in [3.63, 3.8) is 0 Å². The first kappa shape index (κ1) is 9.37. The number of hydrogen-bond acceptors (Lipinski definition) is 2. The molecule has 0 aromatic heterocycles. The van der Waals surface area contributed by atoms with Crippen LogP contribution in [0.4, 0.5) is 0 Å². The van der Waals surface area contributed by atoms with Gasteiger partial charge in [-0.05, 0) is 24.3 Å². The van der Waals surface area contributed by atoms with E-state index in [-0.39, 0.29) is 5.60 Å². The number of rotatable bonds is 2. The summed E-state index contributed by atoms with van der Waals surface area (Å²) in [6, 6.07) is 10.7. The standard InChI is InChI=1S/C13H17NO/c1-2-4-11(5-3-1)13(12-6-7-12)10-14-8-9-15-13/h1-5,12,14H,6-10H2. The molecule has 1 saturated carbocycles. The summed E-state index contributed by atoms with van der Waals surface area (Å²) in [4.78, 5) is 0. The molecule has 2 fully saturated rings. The zero-order valence-electron chi connectivity index (χ0n) is 8.91. The van der Waals surface area contributed by atoms with Gasteiger partial charge in [0.2, 0.25) is 0 Å². The highest BCUT2D eigenvalue weighted by Crippen LogP contribution is 2.48. The number of hydrogen-bond donors (Lipinski definition) is 1. The van der Waals surface area contributed by atoms with Crippen molar-refractivity contribution in [2.75, 3.05) is 19.7 Å². The van der Waals surface area contributed by atoms with Gasteiger partial charge in [-0.25, -0.2) is 0 Å². The third-order valence-corrected chi connectivity index (χ3v) is 3.53. The van der Waals surface area contributed by atoms with Gasteiger partial charge in [0.1, 0.15) is 5.60 Å². The maximum Gasteiger partial charge on any atom is 0.108 e. The Labute approximate surface area is 90.6 Å². The lowest BCUT2D eigenvalue weighted by Gasteiger charge is -2.38. The molecule has 0 amide bonds. The van der Waals surface area contributed by atoms with E-state index in [2.05, 4.69) is 35.6 Å². The molecule has 1 N–H and O–H groups in total. The molecule has 15 heavy (non-hydrogen) atoms. The van der Waals surface area contributed by atoms with Crippen LogP contribution in [0.25, 0.3) is 0 Å². The van der Waals surface area contributed by atoms with Crippen molar-refractivity contribution in [3.05, 3.63) is 35.9 Å². The normalized spacial score (nSPS) is 31.5. The van der Waals surface area contributed by atoms with Gasteiger partial charge in [-0.2, -0.15) is 0 Å². The van der Waals surface area contributed by atoms with E-state index in [1.165, 1.54) is 18.4 Å². The van der Waals surface area contributed by atoms with Crippen LogP contribution in [0.3, 0.4) is 0 Å². The van der Waals surface area contributed by atoms with Gasteiger partial charge in [0.05, 0.1) is 6.61 Å². The summed E-state index contributed by atoms with van der Waals surface area (Å²) in [5.74, 6) is 0.729. The van der Waals surface area contributed by atoms with E-state index in [1.807, 2.05) is 0 Å². The van der Waals surface area contributed by atoms with E-state index in [0.717, 1.165) is 25.6 Å². The second-order valence-corrected chi connectivity index (χ2v) is 4.56. The van der Waals surface area contributed by atoms with Crippen LogP contribution < -0.4 is 5.32 Å². The number of nitrogens with one attached hydrogen (secondary N) is 1. The highest BCUT2D eigenvalue weighted by atomic mass is 16.5. The van der Waals surface area contributed by atoms with Gasteiger partial charge in [-0.1, -0.05) is 30.3 Å². The third kappa shape index (κ3) is 1.58. The lowest BCUT2D eigenvalue weighted by molar-refractivity contribution is -0.0872. The van der Waals surface area contributed by atoms with E-state index < -0.39 is 0 Å². The third-order valence-electron chi connectivity index (χ3n) is 3.53. The van der Waals surface area contributed by atoms with E-state index in [1.54, 1.807) is 0 Å². The molecule has 0 radical (unpaired) electrons. The van der Waals surface area contributed by atoms with Crippen molar-refractivity contribution < 1.29 is 4.74 Å². The smallest absolute Gasteiger partial charge is 0.108 e. The Hall–Kier alpha value is -0.860. The molecule has 1 unspecified atom stereocenters. The van der Waals surface area contributed by atoms with Crippen LogP contribution >= 0.6 is 0 Å². The molecule has 0 bridgehead atoms. The molecular weight excluding hydrogens is 186 g/mol. The molecule has 1 aromatic carbocycles. The van der Waals surface area contributed by atoms with E-state index in [9.17, 15) is 0 Å². The van der Waals surface area contributed by atoms with Crippen molar-refractivity contribution in [3.8, 4) is 0 Å². The zero-order chi connectivity index (χ0) is 10.1. The summed E-state index contributed by atoms with van der Waals surface area (Å²) in [7, 11) is 0. The van der Waals surface area contributed by atoms with Crippen LogP contribution in [0.5, 0.6) is 0 Å². The first-order chi connectivity index (χ1) is 7.42. The first-order valence-electron chi connectivity index (χ1n) is 5.82. The summed E-state index contributed by atoms with van der Waals surface area (Å²) >= 11 is 0. The van der Waals surface area contributed by atoms with Crippen molar-refractivity contribution >= 4 is 0 Å². The largest absolute Gasteiger partial charge is 0.367 e. The molecule has 1 saturated heterocycles. The fourth-order valence-corrected chi connectivity index (χ4v) is 2.58. The maximum atomic E-state index is 6.11. The molecular formula is C13H17NO. The van der Waals surface area contributed by atoms with E-state index in [0.29, 0.717) is 0 Å². The van der Waals surface area contributed by atoms with Crippen LogP contribution in [-0.2, 0) is 10.3 Å². The van der Waals surface area contributed by atoms with Crippen LogP contribution in [0.15, 0.2) is 30.3 Å². The lowest BCUT2D eigenvalue weighted by atomic mass is 9.87. The molecule has 2 aliphatic rings. The molecule has 0 spiro atoms. The summed E-state index contributed by atoms with van der Waals surface area (Å²) in [6.45, 7) is 2.80. The highest BCUT2D eigenvalue weighted by Gasteiger charge is 2.48. The van der Waals surface area contributed by atoms with Crippen molar-refractivity contribution in [2.24, 2.45) is 5.92 Å². The van der Waals surface area contributed by atoms with Crippen LogP contribution in [0.1, 0.15) is 18.4 Å². The molecule has 1 aromatic rings. The molecule has 1 heterocycles. The molecule has 1 aliphatic carbocycles. The Bertz CT molecular complexity index is 326. The van der Waals surface area contributed by atoms with Crippen molar-refractivity contribution in [1.82, 2.24) is 5.32 Å². The molecule has 80 valence electrons. The molecule has 1 aliphatic heterocycles. The fraction of sp³-hybridized carbons (Fsp3) is 0.538. The Morgan fingerprint density at radius 2 is 2.00 bits per heavy atom. The Kier molecular flexibility index (Phi) is 2.26. The predicted octanol–water partition coefficient (Wildman–Crippen LogP) is 1.91. The second kappa shape index (κ2) is 3.62. The molecule has 2 nitrogen and oxygen atoms in total. The summed E-state index contributed by atoms with van der Waals surface area (Å²) in [5.41, 5.74) is 1.32. The molecule has 2 heteroatoms. The minimum absolute atomic E-state index is 0.0283. The van der Waals surface area contributed by atoms with Gasteiger partial charge in [0.15, 0.2) is 0 Å². The first-order valence-corrected chi connectivity index (χ1v) is 5.82. The maximum absolute atomic E-state index is 6.11. The van der Waals surface area contributed by atoms with Gasteiger partial charge in [-0.15, -0.1) is 0 Å². The van der Waals surface area contributed by atoms with Crippen LogP contribution in [0, 0.1) is 5.92 Å². The number of ether oxygens (including phenoxy) is 1. The van der Waals surface area contributed by atoms with Crippen LogP contribution in [0.2, 0.25) is 0 Å². The van der Waals surface area contributed by atoms with Crippen LogP contribution in [-0.4, -0.2) is 19.7 Å². The van der Waals surface area contributed by atoms with Gasteiger partial charge >= 0.3 is 0 Å². The minimum atomic E-state index is -0.0283. The van der Waals surface area contributed by atoms with Crippen molar-refractivity contribution in [2.45, 2.75) is 18.4 Å². The fourth-order valence-electron chi connectivity index (χ4n) is 2.58. The predicted molar refractivity (Wildman–Crippen MR) is 59.7 cm³/mol. The summed E-state index contributed by atoms with van der Waals surface area (Å²) in [5, 5.41) is 3.47. The average molecular weight is 203 g/mol. The molecule has 1 atom stereocenters. The highest BCUT2D eigenvalue weighted by molar-refractivity contribution is 5.26. The second-order valence-electron chi connectivity index (χ2n) is 4.56. The van der Waals surface area contributed by atoms with Gasteiger partial charge in [0, 0.05) is 13.1 Å². The Balaban J connectivity index is 1.95. The average Bonchev–Trinajstić information content (AvgIpc) is 3.15. The zero-order valence-corrected chi connectivity index (χ0v) is 8.91. The van der Waals surface area contributed by atoms with Gasteiger partial charge in [-0.3, -0.25) is 0 Å². The number of benzene rings is 1.